The van der Waals surface area contributed by atoms with Gasteiger partial charge in [0.05, 0.1) is 6.42 Å². The quantitative estimate of drug-likeness (QED) is 0.868. The van der Waals surface area contributed by atoms with Gasteiger partial charge in [-0.3, -0.25) is 9.59 Å². The second kappa shape index (κ2) is 4.10. The summed E-state index contributed by atoms with van der Waals surface area (Å²) < 4.78 is 5.74. The maximum Gasteiger partial charge on any atom is 0.228 e. The number of amides is 1. The third kappa shape index (κ3) is 1.86. The number of benzene rings is 1. The first-order valence-electron chi connectivity index (χ1n) is 5.36. The molecule has 3 rings (SSSR count). The lowest BCUT2D eigenvalue weighted by Gasteiger charge is -2.01. The minimum absolute atomic E-state index is 0.0460. The summed E-state index contributed by atoms with van der Waals surface area (Å²) in [6.07, 6.45) is 0.318. The molecule has 0 spiro atoms. The lowest BCUT2D eigenvalue weighted by Crippen LogP contribution is -2.03. The highest BCUT2D eigenvalue weighted by molar-refractivity contribution is 9.10. The number of carbonyl (C=O) groups excluding carboxylic acids is 2. The van der Waals surface area contributed by atoms with Crippen LogP contribution in [0.5, 0.6) is 0 Å². The maximum absolute atomic E-state index is 12.1. The lowest BCUT2D eigenvalue weighted by atomic mass is 10.0. The van der Waals surface area contributed by atoms with E-state index in [1.54, 1.807) is 30.3 Å². The van der Waals surface area contributed by atoms with E-state index >= 15 is 0 Å². The molecule has 1 aromatic heterocycles. The van der Waals surface area contributed by atoms with Crippen molar-refractivity contribution in [3.05, 3.63) is 51.9 Å². The van der Waals surface area contributed by atoms with E-state index in [1.165, 1.54) is 0 Å². The summed E-state index contributed by atoms with van der Waals surface area (Å²) in [6.45, 7) is 0. The zero-order valence-corrected chi connectivity index (χ0v) is 10.8. The second-order valence-corrected chi connectivity index (χ2v) is 4.81. The molecule has 0 saturated heterocycles. The molecule has 1 aromatic carbocycles. The Hall–Kier alpha value is -1.88. The Bertz CT molecular complexity index is 660. The van der Waals surface area contributed by atoms with E-state index in [4.69, 9.17) is 4.42 Å². The van der Waals surface area contributed by atoms with Crippen molar-refractivity contribution in [1.82, 2.24) is 0 Å². The van der Waals surface area contributed by atoms with Crippen LogP contribution in [0, 0.1) is 0 Å². The molecule has 0 fully saturated rings. The van der Waals surface area contributed by atoms with Crippen molar-refractivity contribution in [2.24, 2.45) is 0 Å². The first-order chi connectivity index (χ1) is 8.63. The average Bonchev–Trinajstić information content (AvgIpc) is 2.92. The van der Waals surface area contributed by atoms with Crippen LogP contribution in [0.15, 0.2) is 39.4 Å². The van der Waals surface area contributed by atoms with Crippen LogP contribution in [0.3, 0.4) is 0 Å². The van der Waals surface area contributed by atoms with Crippen molar-refractivity contribution >= 4 is 33.3 Å². The van der Waals surface area contributed by atoms with Crippen molar-refractivity contribution in [3.8, 4) is 0 Å². The summed E-state index contributed by atoms with van der Waals surface area (Å²) in [4.78, 5) is 23.4. The molecule has 5 heteroatoms. The summed E-state index contributed by atoms with van der Waals surface area (Å²) >= 11 is 3.16. The van der Waals surface area contributed by atoms with E-state index in [1.807, 2.05) is 0 Å². The smallest absolute Gasteiger partial charge is 0.228 e. The van der Waals surface area contributed by atoms with Crippen molar-refractivity contribution in [1.29, 1.82) is 0 Å². The number of halogens is 1. The van der Waals surface area contributed by atoms with E-state index < -0.39 is 0 Å². The van der Waals surface area contributed by atoms with Gasteiger partial charge in [-0.15, -0.1) is 0 Å². The largest absolute Gasteiger partial charge is 0.446 e. The maximum atomic E-state index is 12.1. The normalized spacial score (nSPS) is 13.3. The van der Waals surface area contributed by atoms with Gasteiger partial charge in [0.15, 0.2) is 10.4 Å². The summed E-state index contributed by atoms with van der Waals surface area (Å²) in [7, 11) is 0. The van der Waals surface area contributed by atoms with Crippen LogP contribution in [0.1, 0.15) is 21.7 Å². The molecule has 0 unspecified atom stereocenters. The average molecular weight is 306 g/mol. The molecule has 0 bridgehead atoms. The molecule has 2 aromatic rings. The first-order valence-corrected chi connectivity index (χ1v) is 6.15. The second-order valence-electron chi connectivity index (χ2n) is 4.03. The number of hydrogen-bond donors (Lipinski definition) is 1. The Morgan fingerprint density at radius 1 is 1.28 bits per heavy atom. The summed E-state index contributed by atoms with van der Waals surface area (Å²) in [5.74, 6) is 0.0392. The van der Waals surface area contributed by atoms with E-state index in [9.17, 15) is 9.59 Å². The minimum atomic E-state index is -0.192. The fraction of sp³-hybridized carbons (Fsp3) is 0.0769. The fourth-order valence-corrected chi connectivity index (χ4v) is 2.26. The monoisotopic (exact) mass is 305 g/mol. The number of anilines is 1. The predicted octanol–water partition coefficient (Wildman–Crippen LogP) is 2.77. The van der Waals surface area contributed by atoms with Crippen LogP contribution in [-0.4, -0.2) is 11.7 Å². The number of furan rings is 1. The number of ketones is 1. The highest BCUT2D eigenvalue weighted by atomic mass is 79.9. The Labute approximate surface area is 111 Å². The summed E-state index contributed by atoms with van der Waals surface area (Å²) in [5, 5.41) is 2.73. The molecule has 1 amide bonds. The highest BCUT2D eigenvalue weighted by Crippen LogP contribution is 2.25. The number of nitrogens with one attached hydrogen (secondary N) is 1. The Balaban J connectivity index is 1.96. The molecule has 90 valence electrons. The summed E-state index contributed by atoms with van der Waals surface area (Å²) in [5.41, 5.74) is 2.14. The molecular formula is C13H8BrNO3. The zero-order valence-electron chi connectivity index (χ0n) is 9.20. The van der Waals surface area contributed by atoms with E-state index in [0.717, 1.165) is 11.3 Å². The molecule has 2 heterocycles. The molecule has 1 aliphatic heterocycles. The van der Waals surface area contributed by atoms with E-state index in [2.05, 4.69) is 21.2 Å². The molecule has 0 aliphatic carbocycles. The molecule has 1 N–H and O–H groups in total. The molecule has 1 aliphatic rings. The van der Waals surface area contributed by atoms with Gasteiger partial charge in [-0.05, 0) is 51.8 Å². The molecule has 4 nitrogen and oxygen atoms in total. The number of hydrogen-bond acceptors (Lipinski definition) is 3. The van der Waals surface area contributed by atoms with Gasteiger partial charge in [-0.1, -0.05) is 0 Å². The first kappa shape index (κ1) is 11.2. The topological polar surface area (TPSA) is 59.3 Å². The van der Waals surface area contributed by atoms with Crippen LogP contribution in [-0.2, 0) is 11.2 Å². The SMILES string of the molecule is O=C1Cc2cc(C(=O)c3ccc(Br)o3)ccc2N1. The van der Waals surface area contributed by atoms with Crippen LogP contribution in [0.25, 0.3) is 0 Å². The van der Waals surface area contributed by atoms with Crippen molar-refractivity contribution < 1.29 is 14.0 Å². The van der Waals surface area contributed by atoms with E-state index in [-0.39, 0.29) is 17.5 Å². The van der Waals surface area contributed by atoms with Gasteiger partial charge in [0.25, 0.3) is 0 Å². The van der Waals surface area contributed by atoms with Gasteiger partial charge in [-0.2, -0.15) is 0 Å². The molecule has 18 heavy (non-hydrogen) atoms. The van der Waals surface area contributed by atoms with Crippen LogP contribution >= 0.6 is 15.9 Å². The van der Waals surface area contributed by atoms with Crippen LogP contribution in [0.2, 0.25) is 0 Å². The zero-order chi connectivity index (χ0) is 12.7. The third-order valence-corrected chi connectivity index (χ3v) is 3.22. The van der Waals surface area contributed by atoms with Crippen LogP contribution in [0.4, 0.5) is 5.69 Å². The highest BCUT2D eigenvalue weighted by Gasteiger charge is 2.20. The number of carbonyl (C=O) groups is 2. The molecular weight excluding hydrogens is 298 g/mol. The van der Waals surface area contributed by atoms with E-state index in [0.29, 0.717) is 16.7 Å². The number of fused-ring (bicyclic) bond motifs is 1. The van der Waals surface area contributed by atoms with Gasteiger partial charge in [0, 0.05) is 11.3 Å². The molecule has 0 saturated carbocycles. The number of rotatable bonds is 2. The van der Waals surface area contributed by atoms with Gasteiger partial charge in [0.1, 0.15) is 0 Å². The predicted molar refractivity (Wildman–Crippen MR) is 68.6 cm³/mol. The standard InChI is InChI=1S/C13H8BrNO3/c14-11-4-3-10(18-11)13(17)7-1-2-9-8(5-7)6-12(16)15-9/h1-5H,6H2,(H,15,16). The van der Waals surface area contributed by atoms with Gasteiger partial charge < -0.3 is 9.73 Å². The Morgan fingerprint density at radius 3 is 2.83 bits per heavy atom. The Kier molecular flexibility index (Phi) is 2.56. The lowest BCUT2D eigenvalue weighted by molar-refractivity contribution is -0.115. The fourth-order valence-electron chi connectivity index (χ4n) is 1.95. The van der Waals surface area contributed by atoms with Crippen LogP contribution < -0.4 is 5.32 Å². The molecule has 0 radical (unpaired) electrons. The van der Waals surface area contributed by atoms with Crippen molar-refractivity contribution in [2.45, 2.75) is 6.42 Å². The Morgan fingerprint density at radius 2 is 2.11 bits per heavy atom. The van der Waals surface area contributed by atoms with Crippen molar-refractivity contribution in [3.63, 3.8) is 0 Å². The molecule has 0 atom stereocenters. The van der Waals surface area contributed by atoms with Gasteiger partial charge in [0.2, 0.25) is 11.7 Å². The van der Waals surface area contributed by atoms with Gasteiger partial charge >= 0.3 is 0 Å². The minimum Gasteiger partial charge on any atom is -0.446 e. The third-order valence-electron chi connectivity index (χ3n) is 2.79. The van der Waals surface area contributed by atoms with Gasteiger partial charge in [-0.25, -0.2) is 0 Å². The van der Waals surface area contributed by atoms with Crippen molar-refractivity contribution in [2.75, 3.05) is 5.32 Å². The summed E-state index contributed by atoms with van der Waals surface area (Å²) in [6, 6.07) is 8.44.